The van der Waals surface area contributed by atoms with Gasteiger partial charge in [-0.3, -0.25) is 9.78 Å². The fourth-order valence-corrected chi connectivity index (χ4v) is 3.17. The van der Waals surface area contributed by atoms with Crippen molar-refractivity contribution in [3.63, 3.8) is 0 Å². The van der Waals surface area contributed by atoms with Crippen LogP contribution in [0.4, 0.5) is 14.5 Å². The number of rotatable bonds is 2. The summed E-state index contributed by atoms with van der Waals surface area (Å²) >= 11 is 0. The van der Waals surface area contributed by atoms with Crippen molar-refractivity contribution in [1.29, 1.82) is 0 Å². The van der Waals surface area contributed by atoms with Crippen LogP contribution in [0.3, 0.4) is 0 Å². The fourth-order valence-electron chi connectivity index (χ4n) is 3.17. The standard InChI is InChI=1S/C20H14F2N2O/c21-16-2-1-3-17(22)19(16)20(25)24-11-8-15-12-14(4-5-18(15)24)13-6-9-23-10-7-13/h1-7,9-10,12H,8,11H2. The topological polar surface area (TPSA) is 33.2 Å². The average Bonchev–Trinajstić information content (AvgIpc) is 3.05. The van der Waals surface area contributed by atoms with Gasteiger partial charge >= 0.3 is 0 Å². The summed E-state index contributed by atoms with van der Waals surface area (Å²) in [6.45, 7) is 0.405. The zero-order valence-corrected chi connectivity index (χ0v) is 13.2. The van der Waals surface area contributed by atoms with Gasteiger partial charge in [0.2, 0.25) is 0 Å². The number of amides is 1. The number of benzene rings is 2. The Morgan fingerprint density at radius 3 is 2.40 bits per heavy atom. The Balaban J connectivity index is 1.70. The van der Waals surface area contributed by atoms with Crippen molar-refractivity contribution >= 4 is 11.6 Å². The molecule has 25 heavy (non-hydrogen) atoms. The monoisotopic (exact) mass is 336 g/mol. The first-order chi connectivity index (χ1) is 12.1. The van der Waals surface area contributed by atoms with Gasteiger partial charge in [-0.05, 0) is 59.5 Å². The minimum atomic E-state index is -0.841. The summed E-state index contributed by atoms with van der Waals surface area (Å²) in [6, 6.07) is 13.0. The van der Waals surface area contributed by atoms with E-state index in [1.807, 2.05) is 30.3 Å². The number of halogens is 2. The molecule has 1 amide bonds. The van der Waals surface area contributed by atoms with Crippen molar-refractivity contribution in [2.24, 2.45) is 0 Å². The lowest BCUT2D eigenvalue weighted by Gasteiger charge is -2.18. The minimum Gasteiger partial charge on any atom is -0.308 e. The molecule has 0 radical (unpaired) electrons. The molecule has 2 heterocycles. The third-order valence-corrected chi connectivity index (χ3v) is 4.41. The van der Waals surface area contributed by atoms with Crippen LogP contribution in [0.5, 0.6) is 0 Å². The number of hydrogen-bond acceptors (Lipinski definition) is 2. The van der Waals surface area contributed by atoms with E-state index in [1.54, 1.807) is 12.4 Å². The molecule has 0 spiro atoms. The zero-order valence-electron chi connectivity index (χ0n) is 13.2. The van der Waals surface area contributed by atoms with Gasteiger partial charge in [0, 0.05) is 24.6 Å². The van der Waals surface area contributed by atoms with Crippen LogP contribution in [-0.4, -0.2) is 17.4 Å². The number of anilines is 1. The summed E-state index contributed by atoms with van der Waals surface area (Å²) < 4.78 is 27.8. The largest absolute Gasteiger partial charge is 0.308 e. The first-order valence-electron chi connectivity index (χ1n) is 7.94. The summed E-state index contributed by atoms with van der Waals surface area (Å²) in [6.07, 6.45) is 4.09. The Morgan fingerprint density at radius 2 is 1.68 bits per heavy atom. The number of fused-ring (bicyclic) bond motifs is 1. The fraction of sp³-hybridized carbons (Fsp3) is 0.100. The van der Waals surface area contributed by atoms with Gasteiger partial charge in [-0.2, -0.15) is 0 Å². The molecule has 3 nitrogen and oxygen atoms in total. The predicted octanol–water partition coefficient (Wildman–Crippen LogP) is 4.23. The van der Waals surface area contributed by atoms with Gasteiger partial charge in [-0.25, -0.2) is 8.78 Å². The van der Waals surface area contributed by atoms with Crippen molar-refractivity contribution in [3.8, 4) is 11.1 Å². The smallest absolute Gasteiger partial charge is 0.264 e. The highest BCUT2D eigenvalue weighted by molar-refractivity contribution is 6.07. The van der Waals surface area contributed by atoms with Crippen molar-refractivity contribution < 1.29 is 13.6 Å². The predicted molar refractivity (Wildman–Crippen MR) is 91.4 cm³/mol. The zero-order chi connectivity index (χ0) is 17.4. The number of hydrogen-bond donors (Lipinski definition) is 0. The molecule has 5 heteroatoms. The van der Waals surface area contributed by atoms with E-state index in [4.69, 9.17) is 0 Å². The number of carbonyl (C=O) groups excluding carboxylic acids is 1. The molecule has 1 aliphatic rings. The molecule has 3 aromatic rings. The second-order valence-corrected chi connectivity index (χ2v) is 5.88. The third-order valence-electron chi connectivity index (χ3n) is 4.41. The van der Waals surface area contributed by atoms with Crippen molar-refractivity contribution in [2.45, 2.75) is 6.42 Å². The molecule has 0 atom stereocenters. The Labute approximate surface area is 143 Å². The van der Waals surface area contributed by atoms with Crippen LogP contribution < -0.4 is 4.90 Å². The molecule has 4 rings (SSSR count). The average molecular weight is 336 g/mol. The molecule has 0 fully saturated rings. The Bertz CT molecular complexity index is 937. The maximum Gasteiger partial charge on any atom is 0.264 e. The van der Waals surface area contributed by atoms with E-state index >= 15 is 0 Å². The SMILES string of the molecule is O=C(c1c(F)cccc1F)N1CCc2cc(-c3ccncc3)ccc21. The lowest BCUT2D eigenvalue weighted by Crippen LogP contribution is -2.30. The highest BCUT2D eigenvalue weighted by Gasteiger charge is 2.29. The van der Waals surface area contributed by atoms with Gasteiger partial charge in [0.25, 0.3) is 5.91 Å². The van der Waals surface area contributed by atoms with Gasteiger partial charge in [0.15, 0.2) is 0 Å². The lowest BCUT2D eigenvalue weighted by atomic mass is 10.0. The molecule has 0 saturated heterocycles. The Kier molecular flexibility index (Phi) is 3.76. The maximum absolute atomic E-state index is 13.9. The first kappa shape index (κ1) is 15.4. The van der Waals surface area contributed by atoms with Crippen LogP contribution >= 0.6 is 0 Å². The second kappa shape index (κ2) is 6.09. The maximum atomic E-state index is 13.9. The summed E-state index contributed by atoms with van der Waals surface area (Å²) in [7, 11) is 0. The van der Waals surface area contributed by atoms with E-state index < -0.39 is 23.1 Å². The molecule has 2 aromatic carbocycles. The van der Waals surface area contributed by atoms with E-state index in [2.05, 4.69) is 4.98 Å². The van der Waals surface area contributed by atoms with E-state index in [0.29, 0.717) is 18.7 Å². The van der Waals surface area contributed by atoms with Gasteiger partial charge in [0.1, 0.15) is 17.2 Å². The molecule has 0 aliphatic carbocycles. The molecular formula is C20H14F2N2O. The number of carbonyl (C=O) groups is 1. The molecule has 0 N–H and O–H groups in total. The second-order valence-electron chi connectivity index (χ2n) is 5.88. The minimum absolute atomic E-state index is 0.405. The van der Waals surface area contributed by atoms with Crippen molar-refractivity contribution in [2.75, 3.05) is 11.4 Å². The number of nitrogens with zero attached hydrogens (tertiary/aromatic N) is 2. The van der Waals surface area contributed by atoms with E-state index in [1.165, 1.54) is 11.0 Å². The van der Waals surface area contributed by atoms with Gasteiger partial charge < -0.3 is 4.90 Å². The van der Waals surface area contributed by atoms with Crippen LogP contribution in [-0.2, 0) is 6.42 Å². The molecule has 0 unspecified atom stereocenters. The summed E-state index contributed by atoms with van der Waals surface area (Å²) in [4.78, 5) is 18.1. The van der Waals surface area contributed by atoms with Gasteiger partial charge in [-0.1, -0.05) is 12.1 Å². The van der Waals surface area contributed by atoms with Crippen LogP contribution in [0.15, 0.2) is 60.9 Å². The third kappa shape index (κ3) is 2.67. The van der Waals surface area contributed by atoms with Gasteiger partial charge in [0.05, 0.1) is 0 Å². The molecule has 1 aromatic heterocycles. The Hall–Kier alpha value is -3.08. The molecule has 0 saturated carbocycles. The van der Waals surface area contributed by atoms with Crippen LogP contribution in [0, 0.1) is 11.6 Å². The van der Waals surface area contributed by atoms with Crippen LogP contribution in [0.1, 0.15) is 15.9 Å². The quantitative estimate of drug-likeness (QED) is 0.702. The van der Waals surface area contributed by atoms with Crippen LogP contribution in [0.2, 0.25) is 0 Å². The van der Waals surface area contributed by atoms with E-state index in [-0.39, 0.29) is 0 Å². The summed E-state index contributed by atoms with van der Waals surface area (Å²) in [5, 5.41) is 0. The van der Waals surface area contributed by atoms with E-state index in [0.717, 1.165) is 28.8 Å². The highest BCUT2D eigenvalue weighted by Crippen LogP contribution is 2.33. The highest BCUT2D eigenvalue weighted by atomic mass is 19.1. The van der Waals surface area contributed by atoms with E-state index in [9.17, 15) is 13.6 Å². The molecule has 124 valence electrons. The molecular weight excluding hydrogens is 322 g/mol. The van der Waals surface area contributed by atoms with Crippen molar-refractivity contribution in [1.82, 2.24) is 4.98 Å². The summed E-state index contributed by atoms with van der Waals surface area (Å²) in [5.74, 6) is -2.33. The normalized spacial score (nSPS) is 13.0. The molecule has 1 aliphatic heterocycles. The Morgan fingerprint density at radius 1 is 0.960 bits per heavy atom. The van der Waals surface area contributed by atoms with Crippen LogP contribution in [0.25, 0.3) is 11.1 Å². The lowest BCUT2D eigenvalue weighted by molar-refractivity contribution is 0.0981. The number of pyridine rings is 1. The van der Waals surface area contributed by atoms with Gasteiger partial charge in [-0.15, -0.1) is 0 Å². The summed E-state index contributed by atoms with van der Waals surface area (Å²) in [5.41, 5.74) is 3.23. The van der Waals surface area contributed by atoms with Crippen molar-refractivity contribution in [3.05, 3.63) is 83.7 Å². The molecule has 0 bridgehead atoms. The number of aromatic nitrogens is 1. The first-order valence-corrected chi connectivity index (χ1v) is 7.94.